The largest absolute Gasteiger partial charge is 0.470 e. The Balaban J connectivity index is 1.42. The molecule has 1 aromatic carbocycles. The molecule has 0 fully saturated rings. The minimum atomic E-state index is -0.546. The fourth-order valence-electron chi connectivity index (χ4n) is 3.35. The van der Waals surface area contributed by atoms with Gasteiger partial charge in [0, 0.05) is 23.2 Å². The standard InChI is InChI=1S/C20H16ClN5O4S/c21-15-9-12(26(28)29)5-6-17(15)30-11-25-8-7-16(24-25)19(27)23-20-14(10-22)13-3-1-2-4-18(13)31-20/h5-9H,1-4,11H2,(H,23,27). The molecule has 9 nitrogen and oxygen atoms in total. The monoisotopic (exact) mass is 457 g/mol. The van der Waals surface area contributed by atoms with Crippen molar-refractivity contribution < 1.29 is 14.5 Å². The molecule has 0 saturated carbocycles. The molecule has 0 atom stereocenters. The van der Waals surface area contributed by atoms with Crippen LogP contribution in [0.15, 0.2) is 30.5 Å². The number of aromatic nitrogens is 2. The number of halogens is 1. The van der Waals surface area contributed by atoms with E-state index in [1.165, 1.54) is 40.3 Å². The topological polar surface area (TPSA) is 123 Å². The van der Waals surface area contributed by atoms with E-state index in [2.05, 4.69) is 16.5 Å². The maximum Gasteiger partial charge on any atom is 0.276 e. The lowest BCUT2D eigenvalue weighted by molar-refractivity contribution is -0.384. The SMILES string of the molecule is N#Cc1c(NC(=O)c2ccn(COc3ccc([N+](=O)[O-])cc3Cl)n2)sc2c1CCCC2. The third kappa shape index (κ3) is 4.38. The van der Waals surface area contributed by atoms with E-state index < -0.39 is 10.8 Å². The first-order valence-electron chi connectivity index (χ1n) is 9.42. The van der Waals surface area contributed by atoms with Crippen LogP contribution in [0.3, 0.4) is 0 Å². The van der Waals surface area contributed by atoms with Crippen LogP contribution >= 0.6 is 22.9 Å². The number of anilines is 1. The van der Waals surface area contributed by atoms with Gasteiger partial charge in [-0.3, -0.25) is 14.9 Å². The Morgan fingerprint density at radius 3 is 2.94 bits per heavy atom. The molecular formula is C20H16ClN5O4S. The smallest absolute Gasteiger partial charge is 0.276 e. The van der Waals surface area contributed by atoms with Crippen molar-refractivity contribution in [2.75, 3.05) is 5.32 Å². The van der Waals surface area contributed by atoms with Crippen molar-refractivity contribution in [1.29, 1.82) is 5.26 Å². The van der Waals surface area contributed by atoms with Crippen molar-refractivity contribution in [2.24, 2.45) is 0 Å². The molecule has 0 aliphatic heterocycles. The second-order valence-corrected chi connectivity index (χ2v) is 8.38. The molecule has 0 bridgehead atoms. The van der Waals surface area contributed by atoms with Crippen molar-refractivity contribution in [3.63, 3.8) is 0 Å². The highest BCUT2D eigenvalue weighted by Gasteiger charge is 2.22. The van der Waals surface area contributed by atoms with Gasteiger partial charge < -0.3 is 10.1 Å². The predicted molar refractivity (Wildman–Crippen MR) is 115 cm³/mol. The lowest BCUT2D eigenvalue weighted by atomic mass is 9.96. The zero-order valence-corrected chi connectivity index (χ0v) is 17.7. The average molecular weight is 458 g/mol. The van der Waals surface area contributed by atoms with E-state index in [4.69, 9.17) is 16.3 Å². The molecule has 0 saturated heterocycles. The number of carbonyl (C=O) groups excluding carboxylic acids is 1. The maximum absolute atomic E-state index is 12.6. The summed E-state index contributed by atoms with van der Waals surface area (Å²) >= 11 is 7.46. The Morgan fingerprint density at radius 1 is 1.39 bits per heavy atom. The van der Waals surface area contributed by atoms with Crippen LogP contribution in [0.5, 0.6) is 5.75 Å². The Labute approximate surface area is 186 Å². The molecule has 1 aliphatic carbocycles. The quantitative estimate of drug-likeness (QED) is 0.428. The van der Waals surface area contributed by atoms with Gasteiger partial charge in [-0.2, -0.15) is 10.4 Å². The van der Waals surface area contributed by atoms with E-state index in [9.17, 15) is 20.2 Å². The first-order chi connectivity index (χ1) is 15.0. The molecule has 3 aromatic rings. The lowest BCUT2D eigenvalue weighted by Crippen LogP contribution is -2.14. The zero-order valence-electron chi connectivity index (χ0n) is 16.1. The van der Waals surface area contributed by atoms with Crippen molar-refractivity contribution in [1.82, 2.24) is 9.78 Å². The van der Waals surface area contributed by atoms with Gasteiger partial charge in [-0.15, -0.1) is 11.3 Å². The van der Waals surface area contributed by atoms with Gasteiger partial charge >= 0.3 is 0 Å². The van der Waals surface area contributed by atoms with E-state index in [1.807, 2.05) is 0 Å². The van der Waals surface area contributed by atoms with E-state index >= 15 is 0 Å². The second-order valence-electron chi connectivity index (χ2n) is 6.87. The Hall–Kier alpha value is -3.42. The number of nitrogens with one attached hydrogen (secondary N) is 1. The van der Waals surface area contributed by atoms with Crippen LogP contribution in [0.4, 0.5) is 10.7 Å². The van der Waals surface area contributed by atoms with E-state index in [0.717, 1.165) is 36.1 Å². The van der Waals surface area contributed by atoms with Gasteiger partial charge in [0.1, 0.15) is 16.8 Å². The van der Waals surface area contributed by atoms with E-state index in [0.29, 0.717) is 10.6 Å². The molecule has 1 aliphatic rings. The van der Waals surface area contributed by atoms with Crippen LogP contribution in [0.2, 0.25) is 5.02 Å². The minimum Gasteiger partial charge on any atom is -0.470 e. The molecule has 0 unspecified atom stereocenters. The van der Waals surface area contributed by atoms with Crippen molar-refractivity contribution in [3.05, 3.63) is 67.3 Å². The van der Waals surface area contributed by atoms with Gasteiger partial charge in [0.25, 0.3) is 11.6 Å². The number of nitrogens with zero attached hydrogens (tertiary/aromatic N) is 4. The van der Waals surface area contributed by atoms with Crippen LogP contribution in [0.1, 0.15) is 39.3 Å². The molecule has 0 radical (unpaired) electrons. The first-order valence-corrected chi connectivity index (χ1v) is 10.6. The summed E-state index contributed by atoms with van der Waals surface area (Å²) in [5.41, 5.74) is 1.63. The highest BCUT2D eigenvalue weighted by Crippen LogP contribution is 2.37. The van der Waals surface area contributed by atoms with Crippen LogP contribution in [0, 0.1) is 21.4 Å². The number of benzene rings is 1. The number of ether oxygens (including phenoxy) is 1. The van der Waals surface area contributed by atoms with E-state index in [-0.39, 0.29) is 28.9 Å². The van der Waals surface area contributed by atoms with Crippen molar-refractivity contribution in [3.8, 4) is 11.8 Å². The highest BCUT2D eigenvalue weighted by molar-refractivity contribution is 7.16. The molecule has 0 spiro atoms. The van der Waals surface area contributed by atoms with Crippen LogP contribution in [0.25, 0.3) is 0 Å². The van der Waals surface area contributed by atoms with Gasteiger partial charge in [0.15, 0.2) is 12.4 Å². The van der Waals surface area contributed by atoms with Crippen LogP contribution in [-0.2, 0) is 19.6 Å². The van der Waals surface area contributed by atoms with Crippen LogP contribution < -0.4 is 10.1 Å². The molecule has 2 heterocycles. The molecular weight excluding hydrogens is 442 g/mol. The number of non-ortho nitro benzene ring substituents is 1. The van der Waals surface area contributed by atoms with Crippen molar-refractivity contribution >= 4 is 39.5 Å². The number of hydrogen-bond donors (Lipinski definition) is 1. The molecule has 31 heavy (non-hydrogen) atoms. The maximum atomic E-state index is 12.6. The number of thiophene rings is 1. The van der Waals surface area contributed by atoms with Crippen molar-refractivity contribution in [2.45, 2.75) is 32.4 Å². The number of rotatable bonds is 6. The van der Waals surface area contributed by atoms with Gasteiger partial charge in [-0.05, 0) is 43.4 Å². The number of nitro groups is 1. The van der Waals surface area contributed by atoms with E-state index in [1.54, 1.807) is 6.20 Å². The Morgan fingerprint density at radius 2 is 2.19 bits per heavy atom. The summed E-state index contributed by atoms with van der Waals surface area (Å²) in [6.07, 6.45) is 5.51. The van der Waals surface area contributed by atoms with Crippen LogP contribution in [-0.4, -0.2) is 20.6 Å². The third-order valence-corrected chi connectivity index (χ3v) is 6.36. The Bertz CT molecular complexity index is 1210. The van der Waals surface area contributed by atoms with Gasteiger partial charge in [0.05, 0.1) is 15.5 Å². The summed E-state index contributed by atoms with van der Waals surface area (Å²) in [6, 6.07) is 7.64. The molecule has 4 rings (SSSR count). The molecule has 2 aromatic heterocycles. The predicted octanol–water partition coefficient (Wildman–Crippen LogP) is 4.55. The number of nitro benzene ring substituents is 1. The van der Waals surface area contributed by atoms with Gasteiger partial charge in [0.2, 0.25) is 0 Å². The molecule has 158 valence electrons. The third-order valence-electron chi connectivity index (χ3n) is 4.86. The zero-order chi connectivity index (χ0) is 22.0. The normalized spacial score (nSPS) is 12.6. The summed E-state index contributed by atoms with van der Waals surface area (Å²) < 4.78 is 6.93. The fourth-order valence-corrected chi connectivity index (χ4v) is 4.81. The molecule has 1 N–H and O–H groups in total. The second kappa shape index (κ2) is 8.75. The Kier molecular flexibility index (Phi) is 5.88. The molecule has 1 amide bonds. The summed E-state index contributed by atoms with van der Waals surface area (Å²) in [4.78, 5) is 24.0. The fraction of sp³-hybridized carbons (Fsp3) is 0.250. The van der Waals surface area contributed by atoms with Gasteiger partial charge in [-0.25, -0.2) is 4.68 Å². The lowest BCUT2D eigenvalue weighted by Gasteiger charge is -2.09. The summed E-state index contributed by atoms with van der Waals surface area (Å²) in [7, 11) is 0. The first kappa shape index (κ1) is 20.8. The average Bonchev–Trinajstić information content (AvgIpc) is 3.36. The number of fused-ring (bicyclic) bond motifs is 1. The summed E-state index contributed by atoms with van der Waals surface area (Å²) in [5.74, 6) is -0.154. The number of hydrogen-bond acceptors (Lipinski definition) is 7. The molecule has 11 heteroatoms. The number of amides is 1. The highest BCUT2D eigenvalue weighted by atomic mass is 35.5. The number of carbonyl (C=O) groups is 1. The number of nitriles is 1. The minimum absolute atomic E-state index is 0.0401. The van der Waals surface area contributed by atoms with Gasteiger partial charge in [-0.1, -0.05) is 11.6 Å². The summed E-state index contributed by atoms with van der Waals surface area (Å²) in [5, 5.41) is 27.9. The summed E-state index contributed by atoms with van der Waals surface area (Å²) in [6.45, 7) is -0.0401. The number of aryl methyl sites for hydroxylation is 1.